The van der Waals surface area contributed by atoms with Crippen molar-refractivity contribution in [2.75, 3.05) is 5.32 Å². The van der Waals surface area contributed by atoms with Crippen LogP contribution < -0.4 is 11.1 Å². The molecule has 6 heteroatoms. The highest BCUT2D eigenvalue weighted by atomic mass is 79.9. The molecule has 2 aromatic carbocycles. The molecular weight excluding hydrogens is 346 g/mol. The van der Waals surface area contributed by atoms with Gasteiger partial charge in [-0.3, -0.25) is 0 Å². The normalized spacial score (nSPS) is 10.4. The zero-order valence-corrected chi connectivity index (χ0v) is 12.9. The first-order valence-corrected chi connectivity index (χ1v) is 6.92. The van der Waals surface area contributed by atoms with Crippen molar-refractivity contribution in [3.05, 3.63) is 57.6 Å². The van der Waals surface area contributed by atoms with Crippen LogP contribution in [0, 0.1) is 18.6 Å². The van der Waals surface area contributed by atoms with E-state index in [-0.39, 0.29) is 21.0 Å². The number of rotatable bonds is 3. The highest BCUT2D eigenvalue weighted by Gasteiger charge is 2.14. The van der Waals surface area contributed by atoms with Crippen LogP contribution in [0.5, 0.6) is 0 Å². The van der Waals surface area contributed by atoms with E-state index in [1.807, 2.05) is 0 Å². The summed E-state index contributed by atoms with van der Waals surface area (Å²) in [5, 5.41) is 2.86. The van der Waals surface area contributed by atoms with Crippen molar-refractivity contribution in [3.63, 3.8) is 0 Å². The highest BCUT2D eigenvalue weighted by Crippen LogP contribution is 2.30. The number of benzene rings is 2. The van der Waals surface area contributed by atoms with Gasteiger partial charge in [0.05, 0.1) is 10.2 Å². The van der Waals surface area contributed by atoms with E-state index in [9.17, 15) is 8.78 Å². The van der Waals surface area contributed by atoms with Crippen molar-refractivity contribution in [1.82, 2.24) is 0 Å². The van der Waals surface area contributed by atoms with Crippen molar-refractivity contribution < 1.29 is 8.78 Å². The molecule has 0 aliphatic rings. The van der Waals surface area contributed by atoms with Crippen LogP contribution in [0.15, 0.2) is 34.8 Å². The molecule has 0 aliphatic heterocycles. The Bertz CT molecular complexity index is 689. The lowest BCUT2D eigenvalue weighted by atomic mass is 10.1. The third-order valence-electron chi connectivity index (χ3n) is 2.88. The third-order valence-corrected chi connectivity index (χ3v) is 3.88. The van der Waals surface area contributed by atoms with Gasteiger partial charge in [-0.2, -0.15) is 0 Å². The van der Waals surface area contributed by atoms with Crippen LogP contribution in [-0.4, -0.2) is 4.99 Å². The van der Waals surface area contributed by atoms with Crippen LogP contribution in [-0.2, 0) is 0 Å². The second kappa shape index (κ2) is 5.85. The molecule has 0 bridgehead atoms. The smallest absolute Gasteiger partial charge is 0.161 e. The molecule has 0 saturated heterocycles. The maximum absolute atomic E-state index is 14.2. The van der Waals surface area contributed by atoms with Gasteiger partial charge < -0.3 is 11.1 Å². The van der Waals surface area contributed by atoms with E-state index in [2.05, 4.69) is 21.2 Å². The number of thiocarbonyl (C=S) groups is 1. The number of anilines is 2. The predicted octanol–water partition coefficient (Wildman–Crippen LogP) is 4.41. The molecule has 20 heavy (non-hydrogen) atoms. The first kappa shape index (κ1) is 14.9. The largest absolute Gasteiger partial charge is 0.389 e. The van der Waals surface area contributed by atoms with Crippen molar-refractivity contribution in [2.24, 2.45) is 5.73 Å². The molecule has 0 heterocycles. The summed E-state index contributed by atoms with van der Waals surface area (Å²) in [6.45, 7) is 1.62. The molecular formula is C14H11BrF2N2S. The quantitative estimate of drug-likeness (QED) is 0.799. The van der Waals surface area contributed by atoms with Crippen LogP contribution in [0.25, 0.3) is 0 Å². The summed E-state index contributed by atoms with van der Waals surface area (Å²) in [5.74, 6) is -0.881. The molecule has 2 rings (SSSR count). The molecule has 104 valence electrons. The van der Waals surface area contributed by atoms with Crippen molar-refractivity contribution >= 4 is 44.5 Å². The molecule has 0 radical (unpaired) electrons. The lowest BCUT2D eigenvalue weighted by Crippen LogP contribution is -2.11. The van der Waals surface area contributed by atoms with Crippen molar-refractivity contribution in [1.29, 1.82) is 0 Å². The van der Waals surface area contributed by atoms with Crippen molar-refractivity contribution in [3.8, 4) is 0 Å². The Morgan fingerprint density at radius 2 is 1.90 bits per heavy atom. The Kier molecular flexibility index (Phi) is 4.35. The van der Waals surface area contributed by atoms with Gasteiger partial charge in [0.2, 0.25) is 0 Å². The Morgan fingerprint density at radius 3 is 2.55 bits per heavy atom. The second-order valence-electron chi connectivity index (χ2n) is 4.19. The van der Waals surface area contributed by atoms with E-state index in [1.165, 1.54) is 12.1 Å². The van der Waals surface area contributed by atoms with E-state index in [0.29, 0.717) is 16.8 Å². The summed E-state index contributed by atoms with van der Waals surface area (Å²) in [7, 11) is 0. The molecule has 2 aromatic rings. The molecule has 0 spiro atoms. The van der Waals surface area contributed by atoms with Crippen LogP contribution in [0.2, 0.25) is 0 Å². The van der Waals surface area contributed by atoms with Gasteiger partial charge in [0.15, 0.2) is 5.82 Å². The van der Waals surface area contributed by atoms with E-state index in [1.54, 1.807) is 25.1 Å². The Hall–Kier alpha value is -1.53. The molecule has 0 saturated carbocycles. The predicted molar refractivity (Wildman–Crippen MR) is 84.4 cm³/mol. The first-order chi connectivity index (χ1) is 9.41. The second-order valence-corrected chi connectivity index (χ2v) is 5.42. The zero-order valence-electron chi connectivity index (χ0n) is 10.5. The maximum Gasteiger partial charge on any atom is 0.161 e. The van der Waals surface area contributed by atoms with Gasteiger partial charge in [-0.25, -0.2) is 8.78 Å². The van der Waals surface area contributed by atoms with Crippen molar-refractivity contribution in [2.45, 2.75) is 6.92 Å². The van der Waals surface area contributed by atoms with Gasteiger partial charge in [-0.1, -0.05) is 18.3 Å². The number of nitrogens with two attached hydrogens (primary N) is 1. The molecule has 0 fully saturated rings. The maximum atomic E-state index is 14.2. The van der Waals surface area contributed by atoms with Gasteiger partial charge in [0.1, 0.15) is 10.8 Å². The van der Waals surface area contributed by atoms with Crippen LogP contribution in [0.1, 0.15) is 11.1 Å². The number of hydrogen-bond acceptors (Lipinski definition) is 2. The number of halogens is 3. The number of nitrogens with one attached hydrogen (secondary N) is 1. The summed E-state index contributed by atoms with van der Waals surface area (Å²) in [5.41, 5.74) is 7.04. The topological polar surface area (TPSA) is 38.0 Å². The van der Waals surface area contributed by atoms with Crippen LogP contribution >= 0.6 is 28.1 Å². The molecule has 0 unspecified atom stereocenters. The van der Waals surface area contributed by atoms with Gasteiger partial charge in [0, 0.05) is 16.8 Å². The summed E-state index contributed by atoms with van der Waals surface area (Å²) in [6, 6.07) is 7.70. The number of hydrogen-bond donors (Lipinski definition) is 2. The Morgan fingerprint density at radius 1 is 1.20 bits per heavy atom. The minimum atomic E-state index is -0.529. The first-order valence-electron chi connectivity index (χ1n) is 5.71. The van der Waals surface area contributed by atoms with Gasteiger partial charge >= 0.3 is 0 Å². The van der Waals surface area contributed by atoms with Gasteiger partial charge in [-0.05, 0) is 47.1 Å². The van der Waals surface area contributed by atoms with E-state index in [4.69, 9.17) is 18.0 Å². The monoisotopic (exact) mass is 356 g/mol. The fraction of sp³-hybridized carbons (Fsp3) is 0.0714. The van der Waals surface area contributed by atoms with Gasteiger partial charge in [-0.15, -0.1) is 0 Å². The fourth-order valence-corrected chi connectivity index (χ4v) is 2.58. The Balaban J connectivity index is 2.42. The fourth-order valence-electron chi connectivity index (χ4n) is 1.72. The summed E-state index contributed by atoms with van der Waals surface area (Å²) in [4.78, 5) is 0.101. The average molecular weight is 357 g/mol. The van der Waals surface area contributed by atoms with E-state index < -0.39 is 5.82 Å². The van der Waals surface area contributed by atoms with Crippen LogP contribution in [0.3, 0.4) is 0 Å². The standard InChI is InChI=1S/C14H11BrF2N2S/c1-7-9(16)3-2-4-10(7)19-11-6-5-8(14(18)20)12(15)13(11)17/h2-6,19H,1H3,(H2,18,20). The van der Waals surface area contributed by atoms with E-state index >= 15 is 0 Å². The summed E-state index contributed by atoms with van der Waals surface area (Å²) < 4.78 is 27.9. The summed E-state index contributed by atoms with van der Waals surface area (Å²) >= 11 is 7.95. The molecule has 0 aliphatic carbocycles. The molecule has 0 amide bonds. The molecule has 0 atom stereocenters. The van der Waals surface area contributed by atoms with E-state index in [0.717, 1.165) is 0 Å². The highest BCUT2D eigenvalue weighted by molar-refractivity contribution is 9.10. The third kappa shape index (κ3) is 2.81. The molecule has 0 aromatic heterocycles. The van der Waals surface area contributed by atoms with Gasteiger partial charge in [0.25, 0.3) is 0 Å². The lowest BCUT2D eigenvalue weighted by Gasteiger charge is -2.13. The lowest BCUT2D eigenvalue weighted by molar-refractivity contribution is 0.618. The zero-order chi connectivity index (χ0) is 14.9. The average Bonchev–Trinajstić information content (AvgIpc) is 2.40. The Labute approximate surface area is 129 Å². The summed E-state index contributed by atoms with van der Waals surface area (Å²) in [6.07, 6.45) is 0. The SMILES string of the molecule is Cc1c(F)cccc1Nc1ccc(C(N)=S)c(Br)c1F. The molecule has 3 N–H and O–H groups in total. The minimum absolute atomic E-state index is 0.101. The molecule has 2 nitrogen and oxygen atoms in total. The minimum Gasteiger partial charge on any atom is -0.389 e. The van der Waals surface area contributed by atoms with Crippen LogP contribution in [0.4, 0.5) is 20.2 Å².